The molecule has 3 nitrogen and oxygen atoms in total. The summed E-state index contributed by atoms with van der Waals surface area (Å²) >= 11 is 7.70. The molecular weight excluding hydrogens is 306 g/mol. The van der Waals surface area contributed by atoms with Crippen molar-refractivity contribution in [3.8, 4) is 0 Å². The second kappa shape index (κ2) is 5.79. The average Bonchev–Trinajstić information content (AvgIpc) is 2.93. The Kier molecular flexibility index (Phi) is 4.02. The van der Waals surface area contributed by atoms with Gasteiger partial charge < -0.3 is 5.11 Å². The topological polar surface area (TPSA) is 40.5 Å². The summed E-state index contributed by atoms with van der Waals surface area (Å²) in [6, 6.07) is 9.03. The lowest BCUT2D eigenvalue weighted by Crippen LogP contribution is -2.40. The molecule has 0 spiro atoms. The Morgan fingerprint density at radius 2 is 2.29 bits per heavy atom. The number of carbonyl (C=O) groups is 1. The minimum Gasteiger partial charge on any atom is -0.480 e. The van der Waals surface area contributed by atoms with Crippen LogP contribution >= 0.6 is 22.9 Å². The number of rotatable bonds is 3. The molecule has 0 fully saturated rings. The monoisotopic (exact) mass is 321 g/mol. The van der Waals surface area contributed by atoms with Crippen LogP contribution in [-0.2, 0) is 11.2 Å². The number of nitrogens with zero attached hydrogens (tertiary/aromatic N) is 1. The van der Waals surface area contributed by atoms with E-state index < -0.39 is 12.0 Å². The van der Waals surface area contributed by atoms with Gasteiger partial charge in [0.25, 0.3) is 0 Å². The molecule has 3 rings (SSSR count). The molecule has 5 heteroatoms. The van der Waals surface area contributed by atoms with Gasteiger partial charge in [0.1, 0.15) is 6.04 Å². The zero-order valence-corrected chi connectivity index (χ0v) is 13.2. The van der Waals surface area contributed by atoms with E-state index in [4.69, 9.17) is 11.6 Å². The molecule has 2 unspecified atom stereocenters. The van der Waals surface area contributed by atoms with E-state index in [0.29, 0.717) is 5.02 Å². The highest BCUT2D eigenvalue weighted by Gasteiger charge is 2.36. The Balaban J connectivity index is 1.96. The largest absolute Gasteiger partial charge is 0.480 e. The van der Waals surface area contributed by atoms with Crippen molar-refractivity contribution in [2.75, 3.05) is 6.54 Å². The van der Waals surface area contributed by atoms with E-state index in [1.54, 1.807) is 11.3 Å². The number of carboxylic acids is 1. The number of fused-ring (bicyclic) bond motifs is 1. The number of aliphatic carboxylic acids is 1. The van der Waals surface area contributed by atoms with Crippen LogP contribution in [0.2, 0.25) is 5.02 Å². The summed E-state index contributed by atoms with van der Waals surface area (Å²) in [5, 5.41) is 12.3. The molecule has 0 radical (unpaired) electrons. The molecule has 1 aromatic heterocycles. The molecule has 1 aliphatic heterocycles. The first-order valence-electron chi connectivity index (χ1n) is 6.88. The molecule has 2 atom stereocenters. The number of hydrogen-bond acceptors (Lipinski definition) is 3. The standard InChI is InChI=1S/C16H16ClNO2S/c1-10(11-3-2-4-12(17)9-11)18-7-5-14-13(6-8-21-14)15(18)16(19)20/h2-4,6,8-10,15H,5,7H2,1H3,(H,19,20). The Bertz CT molecular complexity index is 670. The first-order valence-corrected chi connectivity index (χ1v) is 8.14. The van der Waals surface area contributed by atoms with Crippen molar-refractivity contribution in [1.82, 2.24) is 4.90 Å². The Morgan fingerprint density at radius 1 is 1.48 bits per heavy atom. The summed E-state index contributed by atoms with van der Waals surface area (Å²) in [7, 11) is 0. The number of thiophene rings is 1. The van der Waals surface area contributed by atoms with Crippen LogP contribution in [0.1, 0.15) is 35.0 Å². The molecule has 1 N–H and O–H groups in total. The van der Waals surface area contributed by atoms with Crippen molar-refractivity contribution in [3.63, 3.8) is 0 Å². The highest BCUT2D eigenvalue weighted by Crippen LogP contribution is 2.38. The molecule has 0 saturated carbocycles. The Labute approximate surface area is 132 Å². The summed E-state index contributed by atoms with van der Waals surface area (Å²) in [5.41, 5.74) is 1.99. The summed E-state index contributed by atoms with van der Waals surface area (Å²) in [4.78, 5) is 15.0. The van der Waals surface area contributed by atoms with Gasteiger partial charge in [0, 0.05) is 22.5 Å². The molecule has 1 aromatic carbocycles. The minimum atomic E-state index is -0.789. The van der Waals surface area contributed by atoms with Gasteiger partial charge >= 0.3 is 5.97 Å². The summed E-state index contributed by atoms with van der Waals surface area (Å²) in [5.74, 6) is -0.789. The van der Waals surface area contributed by atoms with Crippen LogP contribution in [-0.4, -0.2) is 22.5 Å². The van der Waals surface area contributed by atoms with E-state index in [2.05, 4.69) is 0 Å². The quantitative estimate of drug-likeness (QED) is 0.923. The van der Waals surface area contributed by atoms with Gasteiger partial charge in [-0.15, -0.1) is 11.3 Å². The number of hydrogen-bond donors (Lipinski definition) is 1. The van der Waals surface area contributed by atoms with Gasteiger partial charge in [-0.3, -0.25) is 9.69 Å². The Morgan fingerprint density at radius 3 is 3.00 bits per heavy atom. The molecule has 2 aromatic rings. The fourth-order valence-corrected chi connectivity index (χ4v) is 4.09. The highest BCUT2D eigenvalue weighted by molar-refractivity contribution is 7.10. The van der Waals surface area contributed by atoms with Crippen molar-refractivity contribution < 1.29 is 9.90 Å². The molecular formula is C16H16ClNO2S. The van der Waals surface area contributed by atoms with Crippen molar-refractivity contribution >= 4 is 28.9 Å². The summed E-state index contributed by atoms with van der Waals surface area (Å²) in [6.45, 7) is 2.79. The Hall–Kier alpha value is -1.36. The SMILES string of the molecule is CC(c1cccc(Cl)c1)N1CCc2sccc2C1C(=O)O. The van der Waals surface area contributed by atoms with Crippen LogP contribution in [0.3, 0.4) is 0 Å². The number of benzene rings is 1. The van der Waals surface area contributed by atoms with Crippen molar-refractivity contribution in [3.05, 3.63) is 56.7 Å². The van der Waals surface area contributed by atoms with E-state index in [0.717, 1.165) is 24.1 Å². The normalized spacial score (nSPS) is 20.0. The zero-order valence-electron chi connectivity index (χ0n) is 11.6. The average molecular weight is 322 g/mol. The first-order chi connectivity index (χ1) is 10.1. The highest BCUT2D eigenvalue weighted by atomic mass is 35.5. The molecule has 1 aliphatic rings. The summed E-state index contributed by atoms with van der Waals surface area (Å²) < 4.78 is 0. The second-order valence-corrected chi connectivity index (χ2v) is 6.70. The third-order valence-electron chi connectivity index (χ3n) is 4.07. The van der Waals surface area contributed by atoms with E-state index in [1.165, 1.54) is 4.88 Å². The third kappa shape index (κ3) is 2.71. The molecule has 0 bridgehead atoms. The fraction of sp³-hybridized carbons (Fsp3) is 0.312. The predicted octanol–water partition coefficient (Wildman–Crippen LogP) is 4.15. The molecule has 0 saturated heterocycles. The van der Waals surface area contributed by atoms with Crippen LogP contribution in [0.25, 0.3) is 0 Å². The van der Waals surface area contributed by atoms with E-state index in [-0.39, 0.29) is 6.04 Å². The van der Waals surface area contributed by atoms with Crippen molar-refractivity contribution in [2.45, 2.75) is 25.4 Å². The van der Waals surface area contributed by atoms with Crippen LogP contribution in [0, 0.1) is 0 Å². The fourth-order valence-electron chi connectivity index (χ4n) is 2.99. The van der Waals surface area contributed by atoms with Crippen LogP contribution in [0.4, 0.5) is 0 Å². The molecule has 0 aliphatic carbocycles. The van der Waals surface area contributed by atoms with Gasteiger partial charge in [-0.2, -0.15) is 0 Å². The smallest absolute Gasteiger partial charge is 0.325 e. The van der Waals surface area contributed by atoms with Crippen molar-refractivity contribution in [1.29, 1.82) is 0 Å². The summed E-state index contributed by atoms with van der Waals surface area (Å²) in [6.07, 6.45) is 0.904. The molecule has 21 heavy (non-hydrogen) atoms. The van der Waals surface area contributed by atoms with Crippen molar-refractivity contribution in [2.24, 2.45) is 0 Å². The van der Waals surface area contributed by atoms with Gasteiger partial charge in [-0.25, -0.2) is 0 Å². The van der Waals surface area contributed by atoms with Gasteiger partial charge in [-0.05, 0) is 48.1 Å². The second-order valence-electron chi connectivity index (χ2n) is 5.26. The lowest BCUT2D eigenvalue weighted by Gasteiger charge is -2.37. The maximum Gasteiger partial charge on any atom is 0.325 e. The minimum absolute atomic E-state index is 0.0119. The molecule has 0 amide bonds. The first kappa shape index (κ1) is 14.6. The van der Waals surface area contributed by atoms with Crippen LogP contribution < -0.4 is 0 Å². The van der Waals surface area contributed by atoms with E-state index in [1.807, 2.05) is 47.5 Å². The van der Waals surface area contributed by atoms with Gasteiger partial charge in [0.05, 0.1) is 0 Å². The van der Waals surface area contributed by atoms with E-state index in [9.17, 15) is 9.90 Å². The van der Waals surface area contributed by atoms with Crippen LogP contribution in [0.5, 0.6) is 0 Å². The predicted molar refractivity (Wildman–Crippen MR) is 85.0 cm³/mol. The third-order valence-corrected chi connectivity index (χ3v) is 5.30. The number of carboxylic acid groups (broad SMARTS) is 1. The maximum absolute atomic E-state index is 11.8. The van der Waals surface area contributed by atoms with E-state index >= 15 is 0 Å². The van der Waals surface area contributed by atoms with Gasteiger partial charge in [0.15, 0.2) is 0 Å². The van der Waals surface area contributed by atoms with Gasteiger partial charge in [0.2, 0.25) is 0 Å². The molecule has 2 heterocycles. The maximum atomic E-state index is 11.8. The lowest BCUT2D eigenvalue weighted by molar-refractivity contribution is -0.145. The zero-order chi connectivity index (χ0) is 15.0. The lowest BCUT2D eigenvalue weighted by atomic mass is 9.96. The van der Waals surface area contributed by atoms with Gasteiger partial charge in [-0.1, -0.05) is 23.7 Å². The number of halogens is 1. The molecule has 110 valence electrons. The van der Waals surface area contributed by atoms with Crippen LogP contribution in [0.15, 0.2) is 35.7 Å².